The van der Waals surface area contributed by atoms with E-state index in [0.717, 1.165) is 61.1 Å². The van der Waals surface area contributed by atoms with Gasteiger partial charge in [0.25, 0.3) is 5.91 Å². The summed E-state index contributed by atoms with van der Waals surface area (Å²) < 4.78 is 45.3. The number of amides is 1. The number of aryl methyl sites for hydroxylation is 1. The predicted octanol–water partition coefficient (Wildman–Crippen LogP) is 4.87. The molecule has 3 aromatic rings. The van der Waals surface area contributed by atoms with Crippen molar-refractivity contribution in [3.63, 3.8) is 0 Å². The van der Waals surface area contributed by atoms with Crippen LogP contribution in [-0.4, -0.2) is 58.4 Å². The summed E-state index contributed by atoms with van der Waals surface area (Å²) in [7, 11) is 0. The molecule has 35 heavy (non-hydrogen) atoms. The van der Waals surface area contributed by atoms with Gasteiger partial charge < -0.3 is 4.74 Å². The van der Waals surface area contributed by atoms with E-state index in [0.29, 0.717) is 23.8 Å². The van der Waals surface area contributed by atoms with Gasteiger partial charge in [0.05, 0.1) is 25.3 Å². The van der Waals surface area contributed by atoms with Gasteiger partial charge in [-0.25, -0.2) is 4.98 Å². The molecule has 1 aliphatic heterocycles. The van der Waals surface area contributed by atoms with Gasteiger partial charge >= 0.3 is 6.18 Å². The molecule has 3 heterocycles. The molecule has 1 fully saturated rings. The Morgan fingerprint density at radius 3 is 2.49 bits per heavy atom. The van der Waals surface area contributed by atoms with Crippen molar-refractivity contribution in [2.45, 2.75) is 39.9 Å². The molecular formula is C24H30F3N5O2S. The number of carbonyl (C=O) groups is 1. The second kappa shape index (κ2) is 12.3. The van der Waals surface area contributed by atoms with Gasteiger partial charge in [-0.2, -0.15) is 18.3 Å². The summed E-state index contributed by atoms with van der Waals surface area (Å²) in [6, 6.07) is 6.78. The van der Waals surface area contributed by atoms with E-state index in [9.17, 15) is 18.0 Å². The van der Waals surface area contributed by atoms with Gasteiger partial charge in [0.1, 0.15) is 0 Å². The molecule has 1 aliphatic rings. The van der Waals surface area contributed by atoms with Gasteiger partial charge in [-0.05, 0) is 30.7 Å². The maximum Gasteiger partial charge on any atom is 0.416 e. The molecule has 0 bridgehead atoms. The van der Waals surface area contributed by atoms with Crippen LogP contribution in [0.3, 0.4) is 0 Å². The maximum absolute atomic E-state index is 12.7. The number of halogens is 3. The Labute approximate surface area is 206 Å². The number of hydrogen-bond acceptors (Lipinski definition) is 6. The van der Waals surface area contributed by atoms with Gasteiger partial charge in [0.15, 0.2) is 10.8 Å². The van der Waals surface area contributed by atoms with Crippen molar-refractivity contribution in [1.82, 2.24) is 19.7 Å². The van der Waals surface area contributed by atoms with Crippen LogP contribution in [0.15, 0.2) is 36.5 Å². The normalized spacial score (nSPS) is 14.3. The minimum absolute atomic E-state index is 0.314. The molecule has 0 unspecified atom stereocenters. The number of morpholine rings is 1. The predicted molar refractivity (Wildman–Crippen MR) is 130 cm³/mol. The Morgan fingerprint density at radius 2 is 1.83 bits per heavy atom. The minimum atomic E-state index is -4.35. The van der Waals surface area contributed by atoms with Gasteiger partial charge in [0, 0.05) is 42.8 Å². The van der Waals surface area contributed by atoms with E-state index in [-0.39, 0.29) is 5.91 Å². The third kappa shape index (κ3) is 7.61. The third-order valence-electron chi connectivity index (χ3n) is 5.38. The van der Waals surface area contributed by atoms with Crippen LogP contribution in [0, 0.1) is 6.92 Å². The molecule has 0 spiro atoms. The SMILES string of the molecule is CC.Cc1cc(C(=O)Nc2ncc(Cc3ccc(C(F)(F)F)cc3)s2)nn1CCN1CCOCC1. The lowest BCUT2D eigenvalue weighted by atomic mass is 10.1. The number of rotatable bonds is 7. The molecule has 1 saturated heterocycles. The monoisotopic (exact) mass is 509 g/mol. The summed E-state index contributed by atoms with van der Waals surface area (Å²) in [6.07, 6.45) is -2.31. The van der Waals surface area contributed by atoms with Gasteiger partial charge in [-0.1, -0.05) is 26.0 Å². The molecule has 0 radical (unpaired) electrons. The van der Waals surface area contributed by atoms with Gasteiger partial charge in [-0.15, -0.1) is 11.3 Å². The topological polar surface area (TPSA) is 72.3 Å². The number of ether oxygens (including phenoxy) is 1. The Hall–Kier alpha value is -2.76. The largest absolute Gasteiger partial charge is 0.416 e. The van der Waals surface area contributed by atoms with Gasteiger partial charge in [0.2, 0.25) is 0 Å². The summed E-state index contributed by atoms with van der Waals surface area (Å²) in [6.45, 7) is 10.7. The number of thiazole rings is 1. The maximum atomic E-state index is 12.7. The van der Waals surface area contributed by atoms with E-state index in [1.165, 1.54) is 23.5 Å². The van der Waals surface area contributed by atoms with E-state index in [4.69, 9.17) is 4.74 Å². The lowest BCUT2D eigenvalue weighted by molar-refractivity contribution is -0.137. The summed E-state index contributed by atoms with van der Waals surface area (Å²) in [5.41, 5.74) is 1.27. The fourth-order valence-electron chi connectivity index (χ4n) is 3.53. The third-order valence-corrected chi connectivity index (χ3v) is 6.29. The second-order valence-corrected chi connectivity index (χ2v) is 8.92. The number of alkyl halides is 3. The molecule has 190 valence electrons. The number of hydrogen-bond donors (Lipinski definition) is 1. The molecule has 7 nitrogen and oxygen atoms in total. The van der Waals surface area contributed by atoms with E-state index in [1.807, 2.05) is 25.5 Å². The van der Waals surface area contributed by atoms with Crippen LogP contribution < -0.4 is 5.32 Å². The van der Waals surface area contributed by atoms with Crippen LogP contribution in [-0.2, 0) is 23.9 Å². The van der Waals surface area contributed by atoms with Crippen LogP contribution in [0.4, 0.5) is 18.3 Å². The smallest absolute Gasteiger partial charge is 0.379 e. The van der Waals surface area contributed by atoms with Crippen molar-refractivity contribution >= 4 is 22.4 Å². The highest BCUT2D eigenvalue weighted by Gasteiger charge is 2.29. The molecule has 0 saturated carbocycles. The van der Waals surface area contributed by atoms with Crippen molar-refractivity contribution in [2.24, 2.45) is 0 Å². The Kier molecular flexibility index (Phi) is 9.41. The Balaban J connectivity index is 0.00000167. The summed E-state index contributed by atoms with van der Waals surface area (Å²) in [5.74, 6) is -0.348. The first-order valence-electron chi connectivity index (χ1n) is 11.5. The molecule has 4 rings (SSSR count). The number of aromatic nitrogens is 3. The quantitative estimate of drug-likeness (QED) is 0.492. The summed E-state index contributed by atoms with van der Waals surface area (Å²) in [5, 5.41) is 7.60. The Bertz CT molecular complexity index is 1090. The first-order chi connectivity index (χ1) is 16.8. The minimum Gasteiger partial charge on any atom is -0.379 e. The van der Waals surface area contributed by atoms with Crippen LogP contribution in [0.1, 0.15) is 46.0 Å². The standard InChI is InChI=1S/C22H24F3N5O2S.C2H6/c1-15-12-19(28-30(15)7-6-29-8-10-32-11-9-29)20(31)27-21-26-14-18(33-21)13-16-2-4-17(5-3-16)22(23,24)25;1-2/h2-5,12,14H,6-11,13H2,1H3,(H,26,27,31);1-2H3. The number of nitrogens with one attached hydrogen (secondary N) is 1. The Morgan fingerprint density at radius 1 is 1.14 bits per heavy atom. The average Bonchev–Trinajstić information content (AvgIpc) is 3.45. The summed E-state index contributed by atoms with van der Waals surface area (Å²) in [4.78, 5) is 20.0. The highest BCUT2D eigenvalue weighted by atomic mass is 32.1. The van der Waals surface area contributed by atoms with Crippen LogP contribution in [0.25, 0.3) is 0 Å². The first-order valence-corrected chi connectivity index (χ1v) is 12.4. The fourth-order valence-corrected chi connectivity index (χ4v) is 4.37. The summed E-state index contributed by atoms with van der Waals surface area (Å²) >= 11 is 1.28. The van der Waals surface area contributed by atoms with Crippen LogP contribution >= 0.6 is 11.3 Å². The molecule has 11 heteroatoms. The highest BCUT2D eigenvalue weighted by Crippen LogP contribution is 2.30. The zero-order chi connectivity index (χ0) is 25.4. The molecule has 1 N–H and O–H groups in total. The zero-order valence-corrected chi connectivity index (χ0v) is 20.9. The van der Waals surface area contributed by atoms with E-state index < -0.39 is 11.7 Å². The number of nitrogens with zero attached hydrogens (tertiary/aromatic N) is 4. The van der Waals surface area contributed by atoms with Crippen molar-refractivity contribution in [2.75, 3.05) is 38.2 Å². The molecule has 2 aromatic heterocycles. The zero-order valence-electron chi connectivity index (χ0n) is 20.1. The number of benzene rings is 1. The van der Waals surface area contributed by atoms with Crippen molar-refractivity contribution in [3.05, 3.63) is 63.9 Å². The highest BCUT2D eigenvalue weighted by molar-refractivity contribution is 7.15. The van der Waals surface area contributed by atoms with Gasteiger partial charge in [-0.3, -0.25) is 19.7 Å². The van der Waals surface area contributed by atoms with Crippen LogP contribution in [0.5, 0.6) is 0 Å². The number of carbonyl (C=O) groups excluding carboxylic acids is 1. The van der Waals surface area contributed by atoms with E-state index in [2.05, 4.69) is 20.3 Å². The first kappa shape index (κ1) is 26.8. The molecular weight excluding hydrogens is 479 g/mol. The average molecular weight is 510 g/mol. The second-order valence-electron chi connectivity index (χ2n) is 7.81. The van der Waals surface area contributed by atoms with E-state index in [1.54, 1.807) is 12.3 Å². The van der Waals surface area contributed by atoms with Crippen molar-refractivity contribution < 1.29 is 22.7 Å². The van der Waals surface area contributed by atoms with Crippen molar-refractivity contribution in [1.29, 1.82) is 0 Å². The van der Waals surface area contributed by atoms with E-state index >= 15 is 0 Å². The number of anilines is 1. The van der Waals surface area contributed by atoms with Crippen molar-refractivity contribution in [3.8, 4) is 0 Å². The van der Waals surface area contributed by atoms with Crippen LogP contribution in [0.2, 0.25) is 0 Å². The molecule has 0 atom stereocenters. The fraction of sp³-hybridized carbons (Fsp3) is 0.458. The molecule has 0 aliphatic carbocycles. The molecule has 1 amide bonds. The molecule has 1 aromatic carbocycles. The lowest BCUT2D eigenvalue weighted by Gasteiger charge is -2.26. The lowest BCUT2D eigenvalue weighted by Crippen LogP contribution is -2.38.